The lowest BCUT2D eigenvalue weighted by Gasteiger charge is -2.10. The summed E-state index contributed by atoms with van der Waals surface area (Å²) in [5, 5.41) is 0.979. The van der Waals surface area contributed by atoms with Crippen LogP contribution in [0.25, 0.3) is 78.6 Å². The number of para-hydroxylation sites is 1. The van der Waals surface area contributed by atoms with Crippen molar-refractivity contribution in [2.75, 3.05) is 0 Å². The molecule has 0 unspecified atom stereocenters. The summed E-state index contributed by atoms with van der Waals surface area (Å²) in [6.07, 6.45) is 1.60. The lowest BCUT2D eigenvalue weighted by molar-refractivity contribution is 0.667. The molecule has 43 heavy (non-hydrogen) atoms. The highest BCUT2D eigenvalue weighted by atomic mass is 16.3. The van der Waals surface area contributed by atoms with Crippen LogP contribution in [0.5, 0.6) is 0 Å². The summed E-state index contributed by atoms with van der Waals surface area (Å²) in [5.41, 5.74) is 8.87. The minimum Gasteiger partial charge on any atom is -0.452 e. The molecule has 0 spiro atoms. The number of hydrogen-bond donors (Lipinski definition) is 0. The Hall–Kier alpha value is -6.01. The molecular formula is C37H23N5O. The van der Waals surface area contributed by atoms with Gasteiger partial charge in [0.1, 0.15) is 23.1 Å². The van der Waals surface area contributed by atoms with E-state index in [0.717, 1.165) is 55.6 Å². The summed E-state index contributed by atoms with van der Waals surface area (Å²) >= 11 is 0. The van der Waals surface area contributed by atoms with Gasteiger partial charge >= 0.3 is 0 Å². The first kappa shape index (κ1) is 24.8. The molecule has 0 amide bonds. The first-order valence-electron chi connectivity index (χ1n) is 14.0. The van der Waals surface area contributed by atoms with Gasteiger partial charge in [-0.25, -0.2) is 24.9 Å². The van der Waals surface area contributed by atoms with Crippen LogP contribution in [0.1, 0.15) is 0 Å². The molecule has 6 nitrogen and oxygen atoms in total. The van der Waals surface area contributed by atoms with E-state index in [4.69, 9.17) is 19.4 Å². The second kappa shape index (κ2) is 10.4. The third kappa shape index (κ3) is 4.61. The molecule has 0 saturated heterocycles. The van der Waals surface area contributed by atoms with Gasteiger partial charge in [0.2, 0.25) is 0 Å². The van der Waals surface area contributed by atoms with Gasteiger partial charge in [0.05, 0.1) is 0 Å². The molecule has 3 aromatic heterocycles. The molecule has 0 radical (unpaired) electrons. The van der Waals surface area contributed by atoms with Crippen LogP contribution in [-0.4, -0.2) is 24.9 Å². The molecule has 8 rings (SSSR count). The Morgan fingerprint density at radius 1 is 0.419 bits per heavy atom. The van der Waals surface area contributed by atoms with Gasteiger partial charge in [-0.3, -0.25) is 0 Å². The van der Waals surface area contributed by atoms with Crippen molar-refractivity contribution >= 4 is 22.1 Å². The normalized spacial score (nSPS) is 11.3. The largest absolute Gasteiger partial charge is 0.452 e. The molecule has 3 heterocycles. The Kier molecular flexibility index (Phi) is 6.01. The van der Waals surface area contributed by atoms with Gasteiger partial charge in [0, 0.05) is 27.6 Å². The van der Waals surface area contributed by atoms with Crippen LogP contribution < -0.4 is 0 Å². The maximum atomic E-state index is 6.21. The van der Waals surface area contributed by atoms with E-state index in [-0.39, 0.29) is 0 Å². The van der Waals surface area contributed by atoms with Crippen LogP contribution >= 0.6 is 0 Å². The number of furan rings is 1. The average molecular weight is 554 g/mol. The maximum Gasteiger partial charge on any atom is 0.180 e. The highest BCUT2D eigenvalue weighted by molar-refractivity contribution is 6.06. The molecule has 0 atom stereocenters. The molecule has 0 N–H and O–H groups in total. The molecule has 0 saturated carbocycles. The van der Waals surface area contributed by atoms with Crippen LogP contribution in [0, 0.1) is 0 Å². The molecule has 8 aromatic rings. The van der Waals surface area contributed by atoms with Crippen molar-refractivity contribution in [1.29, 1.82) is 0 Å². The second-order valence-electron chi connectivity index (χ2n) is 10.2. The van der Waals surface area contributed by atoms with Crippen LogP contribution in [0.2, 0.25) is 0 Å². The van der Waals surface area contributed by atoms with Crippen molar-refractivity contribution in [2.45, 2.75) is 0 Å². The second-order valence-corrected chi connectivity index (χ2v) is 10.2. The molecule has 0 bridgehead atoms. The minimum atomic E-state index is 0.616. The maximum absolute atomic E-state index is 6.21. The van der Waals surface area contributed by atoms with Gasteiger partial charge in [-0.15, -0.1) is 0 Å². The van der Waals surface area contributed by atoms with E-state index in [2.05, 4.69) is 34.2 Å². The molecule has 5 aromatic carbocycles. The van der Waals surface area contributed by atoms with Crippen molar-refractivity contribution in [3.8, 4) is 56.5 Å². The van der Waals surface area contributed by atoms with E-state index in [0.29, 0.717) is 23.1 Å². The van der Waals surface area contributed by atoms with Crippen molar-refractivity contribution in [1.82, 2.24) is 24.9 Å². The van der Waals surface area contributed by atoms with E-state index in [1.165, 1.54) is 0 Å². The van der Waals surface area contributed by atoms with Crippen molar-refractivity contribution in [3.63, 3.8) is 0 Å². The van der Waals surface area contributed by atoms with E-state index >= 15 is 0 Å². The summed E-state index contributed by atoms with van der Waals surface area (Å²) in [7, 11) is 0. The highest BCUT2D eigenvalue weighted by Crippen LogP contribution is 2.35. The number of fused-ring (bicyclic) bond motifs is 3. The van der Waals surface area contributed by atoms with Crippen LogP contribution in [0.15, 0.2) is 144 Å². The van der Waals surface area contributed by atoms with Crippen molar-refractivity contribution in [3.05, 3.63) is 140 Å². The van der Waals surface area contributed by atoms with E-state index < -0.39 is 0 Å². The molecule has 0 aliphatic rings. The van der Waals surface area contributed by atoms with Gasteiger partial charge < -0.3 is 4.42 Å². The monoisotopic (exact) mass is 553 g/mol. The molecule has 202 valence electrons. The number of benzene rings is 5. The number of aromatic nitrogens is 5. The fraction of sp³-hybridized carbons (Fsp3) is 0. The number of rotatable bonds is 5. The fourth-order valence-corrected chi connectivity index (χ4v) is 5.35. The zero-order chi connectivity index (χ0) is 28.6. The van der Waals surface area contributed by atoms with Crippen LogP contribution in [0.3, 0.4) is 0 Å². The summed E-state index contributed by atoms with van der Waals surface area (Å²) in [5.74, 6) is 1.89. The Morgan fingerprint density at radius 2 is 0.930 bits per heavy atom. The zero-order valence-electron chi connectivity index (χ0n) is 22.9. The Morgan fingerprint density at radius 3 is 1.60 bits per heavy atom. The van der Waals surface area contributed by atoms with Gasteiger partial charge in [-0.1, -0.05) is 109 Å². The van der Waals surface area contributed by atoms with Crippen LogP contribution in [0.4, 0.5) is 0 Å². The highest BCUT2D eigenvalue weighted by Gasteiger charge is 2.16. The first-order valence-corrected chi connectivity index (χ1v) is 14.0. The predicted octanol–water partition coefficient (Wildman–Crippen LogP) is 8.90. The molecule has 0 fully saturated rings. The fourth-order valence-electron chi connectivity index (χ4n) is 5.35. The van der Waals surface area contributed by atoms with Gasteiger partial charge in [0.15, 0.2) is 23.1 Å². The third-order valence-corrected chi connectivity index (χ3v) is 7.45. The number of nitrogens with zero attached hydrogens (tertiary/aromatic N) is 5. The zero-order valence-corrected chi connectivity index (χ0v) is 22.9. The first-order chi connectivity index (χ1) is 21.3. The van der Waals surface area contributed by atoms with Crippen LogP contribution in [-0.2, 0) is 0 Å². The van der Waals surface area contributed by atoms with E-state index in [1.54, 1.807) is 6.33 Å². The quantitative estimate of drug-likeness (QED) is 0.212. The van der Waals surface area contributed by atoms with Crippen molar-refractivity contribution in [2.24, 2.45) is 0 Å². The average Bonchev–Trinajstić information content (AvgIpc) is 3.48. The Labute approximate surface area is 247 Å². The molecule has 0 aliphatic heterocycles. The predicted molar refractivity (Wildman–Crippen MR) is 170 cm³/mol. The SMILES string of the molecule is c1ccc(-c2nc(-c3ccccc3)nc(-c3cccc(-c4cccc(-c5ncnc6c5oc5ccccc56)c4)c3)n2)cc1. The molecule has 0 aliphatic carbocycles. The minimum absolute atomic E-state index is 0.616. The summed E-state index contributed by atoms with van der Waals surface area (Å²) in [6, 6.07) is 44.5. The topological polar surface area (TPSA) is 77.6 Å². The summed E-state index contributed by atoms with van der Waals surface area (Å²) in [4.78, 5) is 23.8. The lowest BCUT2D eigenvalue weighted by atomic mass is 9.99. The Bertz CT molecular complexity index is 2190. The smallest absolute Gasteiger partial charge is 0.180 e. The summed E-state index contributed by atoms with van der Waals surface area (Å²) < 4.78 is 6.21. The lowest BCUT2D eigenvalue weighted by Crippen LogP contribution is -2.00. The standard InChI is InChI=1S/C37H23N5O/c1-3-11-24(12-4-1)35-40-36(25-13-5-2-6-14-25)42-37(41-35)29-18-10-16-27(22-29)26-15-9-17-28(21-26)32-34-33(39-23-38-32)30-19-7-8-20-31(30)43-34/h1-23H. The third-order valence-electron chi connectivity index (χ3n) is 7.45. The van der Waals surface area contributed by atoms with Gasteiger partial charge in [-0.2, -0.15) is 0 Å². The van der Waals surface area contributed by atoms with E-state index in [9.17, 15) is 0 Å². The summed E-state index contributed by atoms with van der Waals surface area (Å²) in [6.45, 7) is 0. The molecule has 6 heteroatoms. The van der Waals surface area contributed by atoms with Gasteiger partial charge in [0.25, 0.3) is 0 Å². The van der Waals surface area contributed by atoms with E-state index in [1.807, 2.05) is 109 Å². The molecular weight excluding hydrogens is 530 g/mol. The number of hydrogen-bond acceptors (Lipinski definition) is 6. The van der Waals surface area contributed by atoms with Gasteiger partial charge in [-0.05, 0) is 35.4 Å². The Balaban J connectivity index is 1.22. The van der Waals surface area contributed by atoms with Crippen molar-refractivity contribution < 1.29 is 4.42 Å².